The Hall–Kier alpha value is -0.170. The molecule has 1 aromatic heterocycles. The topological polar surface area (TPSA) is 42.3 Å². The quantitative estimate of drug-likeness (QED) is 0.794. The van der Waals surface area contributed by atoms with E-state index in [4.69, 9.17) is 11.6 Å². The second kappa shape index (κ2) is 6.73. The number of aromatic nitrogens is 1. The largest absolute Gasteiger partial charge is 0.346 e. The van der Waals surface area contributed by atoms with Crippen molar-refractivity contribution in [3.8, 4) is 0 Å². The van der Waals surface area contributed by atoms with Gasteiger partial charge in [-0.05, 0) is 32.1 Å². The molecule has 20 heavy (non-hydrogen) atoms. The molecule has 1 aliphatic rings. The maximum absolute atomic E-state index is 12.7. The predicted molar refractivity (Wildman–Crippen MR) is 85.1 cm³/mol. The van der Waals surface area contributed by atoms with Gasteiger partial charge in [0.25, 0.3) is 0 Å². The third kappa shape index (κ3) is 3.35. The molecule has 0 bridgehead atoms. The van der Waals surface area contributed by atoms with Crippen molar-refractivity contribution in [3.05, 3.63) is 18.0 Å². The van der Waals surface area contributed by atoms with Gasteiger partial charge in [-0.15, -0.1) is 11.6 Å². The molecule has 0 radical (unpaired) electrons. The summed E-state index contributed by atoms with van der Waals surface area (Å²) in [5, 5.41) is 0. The first kappa shape index (κ1) is 16.2. The molecule has 1 aromatic rings. The van der Waals surface area contributed by atoms with E-state index in [-0.39, 0.29) is 6.04 Å². The van der Waals surface area contributed by atoms with Crippen molar-refractivity contribution in [3.63, 3.8) is 0 Å². The van der Waals surface area contributed by atoms with Crippen LogP contribution in [0.2, 0.25) is 0 Å². The lowest BCUT2D eigenvalue weighted by atomic mass is 10.4. The molecule has 0 amide bonds. The standard InChI is InChI=1S/C13H21ClN2O2S2/c1-11(2)16-10-13(8-12(16)9-14)20(17,18)15-4-3-6-19-7-5-15/h8,10-11H,3-7,9H2,1-2H3. The number of thioether (sulfide) groups is 1. The highest BCUT2D eigenvalue weighted by atomic mass is 35.5. The van der Waals surface area contributed by atoms with Gasteiger partial charge in [0.2, 0.25) is 10.0 Å². The van der Waals surface area contributed by atoms with E-state index in [1.807, 2.05) is 30.2 Å². The average Bonchev–Trinajstić information content (AvgIpc) is 2.66. The fourth-order valence-corrected chi connectivity index (χ4v) is 5.09. The zero-order valence-electron chi connectivity index (χ0n) is 11.9. The number of hydrogen-bond acceptors (Lipinski definition) is 3. The maximum atomic E-state index is 12.7. The normalized spacial score (nSPS) is 18.4. The smallest absolute Gasteiger partial charge is 0.244 e. The first-order chi connectivity index (χ1) is 9.46. The third-order valence-corrected chi connectivity index (χ3v) is 6.61. The molecule has 7 heteroatoms. The molecule has 4 nitrogen and oxygen atoms in total. The molecular weight excluding hydrogens is 316 g/mol. The summed E-state index contributed by atoms with van der Waals surface area (Å²) in [5.74, 6) is 2.22. The molecule has 0 aromatic carbocycles. The SMILES string of the molecule is CC(C)n1cc(S(=O)(=O)N2CCCSCC2)cc1CCl. The third-order valence-electron chi connectivity index (χ3n) is 3.42. The van der Waals surface area contributed by atoms with E-state index in [0.717, 1.165) is 23.6 Å². The van der Waals surface area contributed by atoms with Gasteiger partial charge in [-0.1, -0.05) is 0 Å². The van der Waals surface area contributed by atoms with E-state index < -0.39 is 10.0 Å². The Labute approximate surface area is 130 Å². The molecule has 0 N–H and O–H groups in total. The van der Waals surface area contributed by atoms with Crippen LogP contribution in [-0.4, -0.2) is 41.9 Å². The highest BCUT2D eigenvalue weighted by molar-refractivity contribution is 7.99. The second-order valence-corrected chi connectivity index (χ2v) is 8.60. The lowest BCUT2D eigenvalue weighted by molar-refractivity contribution is 0.434. The van der Waals surface area contributed by atoms with Gasteiger partial charge in [-0.3, -0.25) is 0 Å². The van der Waals surface area contributed by atoms with Gasteiger partial charge in [0.1, 0.15) is 4.90 Å². The Morgan fingerprint density at radius 1 is 1.35 bits per heavy atom. The van der Waals surface area contributed by atoms with Gasteiger partial charge in [-0.25, -0.2) is 8.42 Å². The fraction of sp³-hybridized carbons (Fsp3) is 0.692. The molecule has 2 heterocycles. The molecule has 1 aliphatic heterocycles. The van der Waals surface area contributed by atoms with Crippen molar-refractivity contribution in [1.29, 1.82) is 0 Å². The summed E-state index contributed by atoms with van der Waals surface area (Å²) in [6.07, 6.45) is 2.63. The minimum atomic E-state index is -3.39. The number of hydrogen-bond donors (Lipinski definition) is 0. The van der Waals surface area contributed by atoms with E-state index in [1.54, 1.807) is 16.6 Å². The van der Waals surface area contributed by atoms with Gasteiger partial charge >= 0.3 is 0 Å². The first-order valence-electron chi connectivity index (χ1n) is 6.81. The summed E-state index contributed by atoms with van der Waals surface area (Å²) in [6.45, 7) is 5.25. The molecule has 2 rings (SSSR count). The fourth-order valence-electron chi connectivity index (χ4n) is 2.34. The number of nitrogens with zero attached hydrogens (tertiary/aromatic N) is 2. The number of sulfonamides is 1. The number of halogens is 1. The van der Waals surface area contributed by atoms with Gasteiger partial charge in [-0.2, -0.15) is 16.1 Å². The molecule has 0 saturated carbocycles. The minimum Gasteiger partial charge on any atom is -0.346 e. The molecule has 0 aliphatic carbocycles. The van der Waals surface area contributed by atoms with Crippen LogP contribution in [0.15, 0.2) is 17.2 Å². The maximum Gasteiger partial charge on any atom is 0.244 e. The zero-order chi connectivity index (χ0) is 14.8. The van der Waals surface area contributed by atoms with E-state index in [1.165, 1.54) is 0 Å². The second-order valence-electron chi connectivity index (χ2n) is 5.17. The lowest BCUT2D eigenvalue weighted by Gasteiger charge is -2.18. The zero-order valence-corrected chi connectivity index (χ0v) is 14.3. The monoisotopic (exact) mass is 336 g/mol. The van der Waals surface area contributed by atoms with Crippen molar-refractivity contribution in [1.82, 2.24) is 8.87 Å². The Morgan fingerprint density at radius 3 is 2.70 bits per heavy atom. The molecule has 0 atom stereocenters. The van der Waals surface area contributed by atoms with Crippen LogP contribution in [-0.2, 0) is 15.9 Å². The first-order valence-corrected chi connectivity index (χ1v) is 9.94. The van der Waals surface area contributed by atoms with Gasteiger partial charge in [0, 0.05) is 36.8 Å². The van der Waals surface area contributed by atoms with E-state index in [9.17, 15) is 8.42 Å². The molecule has 1 fully saturated rings. The van der Waals surface area contributed by atoms with Crippen LogP contribution in [0, 0.1) is 0 Å². The van der Waals surface area contributed by atoms with Crippen molar-refractivity contribution >= 4 is 33.4 Å². The van der Waals surface area contributed by atoms with Crippen LogP contribution in [0.25, 0.3) is 0 Å². The minimum absolute atomic E-state index is 0.201. The highest BCUT2D eigenvalue weighted by Crippen LogP contribution is 2.24. The van der Waals surface area contributed by atoms with E-state index >= 15 is 0 Å². The van der Waals surface area contributed by atoms with Crippen LogP contribution in [0.4, 0.5) is 0 Å². The summed E-state index contributed by atoms with van der Waals surface area (Å²) in [7, 11) is -3.39. The van der Waals surface area contributed by atoms with Gasteiger partial charge < -0.3 is 4.57 Å². The Balaban J connectivity index is 2.33. The van der Waals surface area contributed by atoms with Crippen LogP contribution >= 0.6 is 23.4 Å². The van der Waals surface area contributed by atoms with Gasteiger partial charge in [0.05, 0.1) is 5.88 Å². The summed E-state index contributed by atoms with van der Waals surface area (Å²) in [5.41, 5.74) is 0.851. The Kier molecular flexibility index (Phi) is 5.45. The summed E-state index contributed by atoms with van der Waals surface area (Å²) in [4.78, 5) is 0.369. The van der Waals surface area contributed by atoms with Crippen molar-refractivity contribution < 1.29 is 8.42 Å². The Bertz CT molecular complexity index is 547. The lowest BCUT2D eigenvalue weighted by Crippen LogP contribution is -2.32. The van der Waals surface area contributed by atoms with Crippen molar-refractivity contribution in [2.75, 3.05) is 24.6 Å². The van der Waals surface area contributed by atoms with Crippen LogP contribution in [0.5, 0.6) is 0 Å². The van der Waals surface area contributed by atoms with Crippen LogP contribution in [0.3, 0.4) is 0 Å². The molecule has 0 unspecified atom stereocenters. The number of alkyl halides is 1. The summed E-state index contributed by atoms with van der Waals surface area (Å²) < 4.78 is 28.9. The molecule has 0 spiro atoms. The Morgan fingerprint density at radius 2 is 2.10 bits per heavy atom. The molecule has 1 saturated heterocycles. The van der Waals surface area contributed by atoms with Crippen molar-refractivity contribution in [2.45, 2.75) is 37.1 Å². The highest BCUT2D eigenvalue weighted by Gasteiger charge is 2.27. The van der Waals surface area contributed by atoms with E-state index in [2.05, 4.69) is 0 Å². The predicted octanol–water partition coefficient (Wildman–Crippen LogP) is 2.94. The summed E-state index contributed by atoms with van der Waals surface area (Å²) in [6, 6.07) is 1.91. The molecule has 114 valence electrons. The van der Waals surface area contributed by atoms with Crippen LogP contribution in [0.1, 0.15) is 32.0 Å². The van der Waals surface area contributed by atoms with Crippen molar-refractivity contribution in [2.24, 2.45) is 0 Å². The van der Waals surface area contributed by atoms with Gasteiger partial charge in [0.15, 0.2) is 0 Å². The van der Waals surface area contributed by atoms with E-state index in [0.29, 0.717) is 23.9 Å². The average molecular weight is 337 g/mol. The molecular formula is C13H21ClN2O2S2. The number of rotatable bonds is 4. The summed E-state index contributed by atoms with van der Waals surface area (Å²) >= 11 is 7.73. The van der Waals surface area contributed by atoms with Crippen LogP contribution < -0.4 is 0 Å².